The summed E-state index contributed by atoms with van der Waals surface area (Å²) < 4.78 is 18.5. The molecule has 0 unspecified atom stereocenters. The molecule has 0 heterocycles. The number of nitrogens with one attached hydrogen (secondary N) is 2. The van der Waals surface area contributed by atoms with E-state index in [4.69, 9.17) is 4.74 Å². The molecule has 4 nitrogen and oxygen atoms in total. The van der Waals surface area contributed by atoms with Gasteiger partial charge in [0.1, 0.15) is 5.82 Å². The zero-order chi connectivity index (χ0) is 16.9. The third-order valence-corrected chi connectivity index (χ3v) is 4.42. The van der Waals surface area contributed by atoms with Crippen LogP contribution >= 0.6 is 0 Å². The Balaban J connectivity index is 1.98. The summed E-state index contributed by atoms with van der Waals surface area (Å²) in [5.74, 6) is 0.611. The van der Waals surface area contributed by atoms with Gasteiger partial charge in [0.2, 0.25) is 0 Å². The maximum Gasteiger partial charge on any atom is 0.191 e. The minimum Gasteiger partial charge on any atom is -0.377 e. The molecule has 0 radical (unpaired) electrons. The Labute approximate surface area is 138 Å². The van der Waals surface area contributed by atoms with Gasteiger partial charge in [-0.05, 0) is 51.3 Å². The van der Waals surface area contributed by atoms with Crippen molar-refractivity contribution in [2.45, 2.75) is 44.6 Å². The van der Waals surface area contributed by atoms with Gasteiger partial charge >= 0.3 is 0 Å². The van der Waals surface area contributed by atoms with Crippen molar-refractivity contribution < 1.29 is 9.13 Å². The zero-order valence-corrected chi connectivity index (χ0v) is 14.6. The lowest BCUT2D eigenvalue weighted by Crippen LogP contribution is -2.42. The summed E-state index contributed by atoms with van der Waals surface area (Å²) in [5, 5.41) is 6.69. The SMILES string of the molecule is CCNC(=NCC(C)(C)OC)NCC1(c2ccc(F)cc2)CC1. The normalized spacial score (nSPS) is 17.0. The van der Waals surface area contributed by atoms with Crippen LogP contribution in [-0.4, -0.2) is 38.3 Å². The molecule has 1 aliphatic rings. The van der Waals surface area contributed by atoms with Gasteiger partial charge in [-0.3, -0.25) is 4.99 Å². The molecule has 0 saturated heterocycles. The second-order valence-electron chi connectivity index (χ2n) is 6.80. The van der Waals surface area contributed by atoms with Crippen LogP contribution in [0.1, 0.15) is 39.2 Å². The van der Waals surface area contributed by atoms with E-state index >= 15 is 0 Å². The Hall–Kier alpha value is -1.62. The maximum atomic E-state index is 13.1. The Morgan fingerprint density at radius 3 is 2.43 bits per heavy atom. The van der Waals surface area contributed by atoms with Gasteiger partial charge in [-0.25, -0.2) is 4.39 Å². The van der Waals surface area contributed by atoms with Crippen molar-refractivity contribution in [1.29, 1.82) is 0 Å². The van der Waals surface area contributed by atoms with Crippen LogP contribution in [0.5, 0.6) is 0 Å². The van der Waals surface area contributed by atoms with Crippen LogP contribution in [0.2, 0.25) is 0 Å². The largest absolute Gasteiger partial charge is 0.377 e. The molecule has 0 spiro atoms. The predicted molar refractivity (Wildman–Crippen MR) is 92.4 cm³/mol. The number of aliphatic imine (C=N–C) groups is 1. The number of rotatable bonds is 7. The average Bonchev–Trinajstić information content (AvgIpc) is 3.32. The summed E-state index contributed by atoms with van der Waals surface area (Å²) in [6.07, 6.45) is 2.24. The number of methoxy groups -OCH3 is 1. The number of benzene rings is 1. The van der Waals surface area contributed by atoms with E-state index in [0.717, 1.165) is 31.9 Å². The Kier molecular flexibility index (Phi) is 5.63. The highest BCUT2D eigenvalue weighted by molar-refractivity contribution is 5.80. The fourth-order valence-corrected chi connectivity index (χ4v) is 2.45. The molecule has 1 aromatic carbocycles. The lowest BCUT2D eigenvalue weighted by molar-refractivity contribution is 0.0310. The third kappa shape index (κ3) is 4.93. The summed E-state index contributed by atoms with van der Waals surface area (Å²) in [4.78, 5) is 4.60. The molecule has 0 bridgehead atoms. The summed E-state index contributed by atoms with van der Waals surface area (Å²) in [7, 11) is 1.70. The average molecular weight is 321 g/mol. The van der Waals surface area contributed by atoms with E-state index in [1.807, 2.05) is 32.9 Å². The van der Waals surface area contributed by atoms with Crippen LogP contribution < -0.4 is 10.6 Å². The molecule has 1 aliphatic carbocycles. The van der Waals surface area contributed by atoms with Crippen LogP contribution in [0.3, 0.4) is 0 Å². The second-order valence-corrected chi connectivity index (χ2v) is 6.80. The molecule has 0 aromatic heterocycles. The minimum atomic E-state index is -0.281. The summed E-state index contributed by atoms with van der Waals surface area (Å²) in [6, 6.07) is 6.86. The fourth-order valence-electron chi connectivity index (χ4n) is 2.45. The maximum absolute atomic E-state index is 13.1. The molecule has 2 rings (SSSR count). The van der Waals surface area contributed by atoms with E-state index in [0.29, 0.717) is 6.54 Å². The predicted octanol–water partition coefficient (Wildman–Crippen LogP) is 2.84. The number of nitrogens with zero attached hydrogens (tertiary/aromatic N) is 1. The smallest absolute Gasteiger partial charge is 0.191 e. The van der Waals surface area contributed by atoms with Gasteiger partial charge in [-0.1, -0.05) is 12.1 Å². The van der Waals surface area contributed by atoms with Gasteiger partial charge in [0.25, 0.3) is 0 Å². The van der Waals surface area contributed by atoms with Gasteiger partial charge < -0.3 is 15.4 Å². The molecule has 0 aliphatic heterocycles. The molecule has 0 atom stereocenters. The van der Waals surface area contributed by atoms with Gasteiger partial charge in [-0.15, -0.1) is 0 Å². The highest BCUT2D eigenvalue weighted by Gasteiger charge is 2.44. The number of guanidine groups is 1. The van der Waals surface area contributed by atoms with Gasteiger partial charge in [-0.2, -0.15) is 0 Å². The highest BCUT2D eigenvalue weighted by Crippen LogP contribution is 2.47. The molecule has 5 heteroatoms. The fraction of sp³-hybridized carbons (Fsp3) is 0.611. The topological polar surface area (TPSA) is 45.7 Å². The number of hydrogen-bond acceptors (Lipinski definition) is 2. The molecule has 0 amide bonds. The van der Waals surface area contributed by atoms with E-state index < -0.39 is 0 Å². The summed E-state index contributed by atoms with van der Waals surface area (Å²) in [5.41, 5.74) is 1.02. The highest BCUT2D eigenvalue weighted by atomic mass is 19.1. The first-order valence-corrected chi connectivity index (χ1v) is 8.24. The van der Waals surface area contributed by atoms with Crippen molar-refractivity contribution >= 4 is 5.96 Å². The van der Waals surface area contributed by atoms with Crippen LogP contribution in [-0.2, 0) is 10.2 Å². The van der Waals surface area contributed by atoms with Crippen molar-refractivity contribution in [2.24, 2.45) is 4.99 Å². The molecule has 1 saturated carbocycles. The third-order valence-electron chi connectivity index (χ3n) is 4.42. The zero-order valence-electron chi connectivity index (χ0n) is 14.6. The molecular formula is C18H28FN3O. The first-order chi connectivity index (χ1) is 10.9. The van der Waals surface area contributed by atoms with Gasteiger partial charge in [0, 0.05) is 25.6 Å². The Morgan fingerprint density at radius 1 is 1.26 bits per heavy atom. The Morgan fingerprint density at radius 2 is 1.91 bits per heavy atom. The Bertz CT molecular complexity index is 536. The van der Waals surface area contributed by atoms with Gasteiger partial charge in [0.05, 0.1) is 12.1 Å². The molecule has 23 heavy (non-hydrogen) atoms. The van der Waals surface area contributed by atoms with E-state index in [9.17, 15) is 4.39 Å². The van der Waals surface area contributed by atoms with Crippen molar-refractivity contribution in [1.82, 2.24) is 10.6 Å². The first-order valence-electron chi connectivity index (χ1n) is 8.24. The summed E-state index contributed by atoms with van der Waals surface area (Å²) in [6.45, 7) is 8.27. The lowest BCUT2D eigenvalue weighted by atomic mass is 9.96. The number of halogens is 1. The number of ether oxygens (including phenoxy) is 1. The van der Waals surface area contributed by atoms with Crippen molar-refractivity contribution in [3.8, 4) is 0 Å². The van der Waals surface area contributed by atoms with Crippen LogP contribution in [0.25, 0.3) is 0 Å². The lowest BCUT2D eigenvalue weighted by Gasteiger charge is -2.22. The first kappa shape index (κ1) is 17.7. The van der Waals surface area contributed by atoms with Crippen molar-refractivity contribution in [3.05, 3.63) is 35.6 Å². The molecule has 1 aromatic rings. The molecular weight excluding hydrogens is 293 g/mol. The van der Waals surface area contributed by atoms with E-state index in [1.54, 1.807) is 7.11 Å². The second kappa shape index (κ2) is 7.30. The molecule has 128 valence electrons. The minimum absolute atomic E-state index is 0.112. The molecule has 1 fully saturated rings. The van der Waals surface area contributed by atoms with E-state index in [2.05, 4.69) is 15.6 Å². The van der Waals surface area contributed by atoms with Crippen LogP contribution in [0.15, 0.2) is 29.3 Å². The standard InChI is InChI=1S/C18H28FN3O/c1-5-20-16(21-12-17(2,3)23-4)22-13-18(10-11-18)14-6-8-15(19)9-7-14/h6-9H,5,10-13H2,1-4H3,(H2,20,21,22). The van der Waals surface area contributed by atoms with E-state index in [1.165, 1.54) is 17.7 Å². The molecule has 2 N–H and O–H groups in total. The monoisotopic (exact) mass is 321 g/mol. The van der Waals surface area contributed by atoms with Crippen LogP contribution in [0.4, 0.5) is 4.39 Å². The van der Waals surface area contributed by atoms with Gasteiger partial charge in [0.15, 0.2) is 5.96 Å². The van der Waals surface area contributed by atoms with Crippen LogP contribution in [0, 0.1) is 5.82 Å². The van der Waals surface area contributed by atoms with E-state index in [-0.39, 0.29) is 16.8 Å². The number of hydrogen-bond donors (Lipinski definition) is 2. The summed E-state index contributed by atoms with van der Waals surface area (Å²) >= 11 is 0. The van der Waals surface area contributed by atoms with Crippen molar-refractivity contribution in [2.75, 3.05) is 26.7 Å². The quantitative estimate of drug-likeness (QED) is 0.600. The van der Waals surface area contributed by atoms with Crippen molar-refractivity contribution in [3.63, 3.8) is 0 Å².